The number of hydrogen-bond acceptors (Lipinski definition) is 2. The molecular weight excluding hydrogens is 188 g/mol. The van der Waals surface area contributed by atoms with Gasteiger partial charge in [-0.15, -0.1) is 0 Å². The molecule has 0 rings (SSSR count). The minimum atomic E-state index is -0.138. The fourth-order valence-corrected chi connectivity index (χ4v) is 0.947. The summed E-state index contributed by atoms with van der Waals surface area (Å²) in [6.45, 7) is 8.43. The second-order valence-corrected chi connectivity index (χ2v) is 4.20. The topological polar surface area (TPSA) is 26.3 Å². The van der Waals surface area contributed by atoms with Crippen molar-refractivity contribution in [1.29, 1.82) is 0 Å². The Balaban J connectivity index is 4.00. The molecule has 0 aliphatic carbocycles. The number of allylic oxidation sites excluding steroid dienone is 3. The van der Waals surface area contributed by atoms with E-state index in [0.717, 1.165) is 6.42 Å². The van der Waals surface area contributed by atoms with Crippen LogP contribution in [0, 0.1) is 5.41 Å². The summed E-state index contributed by atoms with van der Waals surface area (Å²) >= 11 is 0. The number of carbonyl (C=O) groups is 1. The summed E-state index contributed by atoms with van der Waals surface area (Å²) in [5.74, 6) is -0.138. The largest absolute Gasteiger partial charge is 0.465 e. The Bertz CT molecular complexity index is 237. The van der Waals surface area contributed by atoms with Gasteiger partial charge in [-0.25, -0.2) is 0 Å². The van der Waals surface area contributed by atoms with E-state index in [0.29, 0.717) is 13.0 Å². The molecule has 0 unspecified atom stereocenters. The predicted octanol–water partition coefficient (Wildman–Crippen LogP) is 3.49. The van der Waals surface area contributed by atoms with E-state index >= 15 is 0 Å². The van der Waals surface area contributed by atoms with E-state index in [9.17, 15) is 4.79 Å². The van der Waals surface area contributed by atoms with Crippen molar-refractivity contribution in [2.45, 2.75) is 40.5 Å². The molecule has 0 saturated carbocycles. The monoisotopic (exact) mass is 210 g/mol. The van der Waals surface area contributed by atoms with Crippen molar-refractivity contribution in [3.63, 3.8) is 0 Å². The molecule has 0 aromatic carbocycles. The molecule has 0 radical (unpaired) electrons. The van der Waals surface area contributed by atoms with Gasteiger partial charge in [0.2, 0.25) is 0 Å². The van der Waals surface area contributed by atoms with Gasteiger partial charge in [0.05, 0.1) is 6.61 Å². The maximum Gasteiger partial charge on any atom is 0.305 e. The summed E-state index contributed by atoms with van der Waals surface area (Å²) in [7, 11) is 0. The first-order valence-corrected chi connectivity index (χ1v) is 5.52. The normalized spacial score (nSPS) is 12.5. The minimum Gasteiger partial charge on any atom is -0.465 e. The van der Waals surface area contributed by atoms with E-state index < -0.39 is 0 Å². The summed E-state index contributed by atoms with van der Waals surface area (Å²) in [5.41, 5.74) is -0.0943. The van der Waals surface area contributed by atoms with Crippen molar-refractivity contribution >= 4 is 5.97 Å². The van der Waals surface area contributed by atoms with Gasteiger partial charge >= 0.3 is 5.97 Å². The summed E-state index contributed by atoms with van der Waals surface area (Å²) < 4.78 is 5.10. The van der Waals surface area contributed by atoms with Gasteiger partial charge in [0.1, 0.15) is 0 Å². The van der Waals surface area contributed by atoms with Crippen LogP contribution in [0.25, 0.3) is 0 Å². The van der Waals surface area contributed by atoms with E-state index in [-0.39, 0.29) is 11.4 Å². The zero-order valence-electron chi connectivity index (χ0n) is 10.2. The molecular formula is C13H22O2. The van der Waals surface area contributed by atoms with Crippen molar-refractivity contribution in [2.24, 2.45) is 5.41 Å². The Morgan fingerprint density at radius 2 is 1.93 bits per heavy atom. The molecule has 0 saturated heterocycles. The second-order valence-electron chi connectivity index (χ2n) is 4.20. The molecule has 0 fully saturated rings. The molecule has 2 heteroatoms. The van der Waals surface area contributed by atoms with Gasteiger partial charge in [0, 0.05) is 11.8 Å². The molecule has 0 N–H and O–H groups in total. The van der Waals surface area contributed by atoms with Crippen LogP contribution in [-0.4, -0.2) is 12.6 Å². The molecule has 0 aromatic rings. The Kier molecular flexibility index (Phi) is 6.76. The van der Waals surface area contributed by atoms with E-state index in [1.165, 1.54) is 0 Å². The fraction of sp³-hybridized carbons (Fsp3) is 0.615. The van der Waals surface area contributed by atoms with Crippen LogP contribution < -0.4 is 0 Å². The average Bonchev–Trinajstić information content (AvgIpc) is 2.21. The summed E-state index contributed by atoms with van der Waals surface area (Å²) in [6.07, 6.45) is 9.64. The number of rotatable bonds is 6. The van der Waals surface area contributed by atoms with Crippen LogP contribution in [-0.2, 0) is 9.53 Å². The molecule has 2 nitrogen and oxygen atoms in total. The van der Waals surface area contributed by atoms with E-state index in [4.69, 9.17) is 4.74 Å². The second kappa shape index (κ2) is 7.27. The summed E-state index contributed by atoms with van der Waals surface area (Å²) in [4.78, 5) is 11.0. The van der Waals surface area contributed by atoms with Gasteiger partial charge in [-0.1, -0.05) is 52.0 Å². The highest BCUT2D eigenvalue weighted by Gasteiger charge is 2.15. The van der Waals surface area contributed by atoms with Crippen LogP contribution in [0.3, 0.4) is 0 Å². The lowest BCUT2D eigenvalue weighted by atomic mass is 9.94. The lowest BCUT2D eigenvalue weighted by molar-refractivity contribution is -0.145. The van der Waals surface area contributed by atoms with Crippen LogP contribution in [0.5, 0.6) is 0 Å². The highest BCUT2D eigenvalue weighted by atomic mass is 16.5. The van der Waals surface area contributed by atoms with Crippen LogP contribution in [0.2, 0.25) is 0 Å². The third-order valence-corrected chi connectivity index (χ3v) is 1.92. The standard InChI is InChI=1S/C13H22O2/c1-5-7-8-9-10-13(3,4)11-15-12(14)6-2/h7-10H,5-6,11H2,1-4H3/b8-7+,10-9+. The first-order valence-electron chi connectivity index (χ1n) is 5.52. The number of esters is 1. The molecule has 0 aliphatic rings. The fourth-order valence-electron chi connectivity index (χ4n) is 0.947. The van der Waals surface area contributed by atoms with Gasteiger partial charge in [0.15, 0.2) is 0 Å². The van der Waals surface area contributed by atoms with Crippen molar-refractivity contribution in [3.8, 4) is 0 Å². The molecule has 0 aromatic heterocycles. The van der Waals surface area contributed by atoms with Crippen molar-refractivity contribution in [3.05, 3.63) is 24.3 Å². The third-order valence-electron chi connectivity index (χ3n) is 1.92. The van der Waals surface area contributed by atoms with Crippen LogP contribution in [0.1, 0.15) is 40.5 Å². The Labute approximate surface area is 93.0 Å². The van der Waals surface area contributed by atoms with Crippen LogP contribution in [0.4, 0.5) is 0 Å². The van der Waals surface area contributed by atoms with Gasteiger partial charge in [0.25, 0.3) is 0 Å². The lowest BCUT2D eigenvalue weighted by Gasteiger charge is -2.19. The number of ether oxygens (including phenoxy) is 1. The highest BCUT2D eigenvalue weighted by molar-refractivity contribution is 5.68. The molecule has 0 heterocycles. The van der Waals surface area contributed by atoms with Gasteiger partial charge in [-0.3, -0.25) is 4.79 Å². The van der Waals surface area contributed by atoms with E-state index in [2.05, 4.69) is 19.1 Å². The maximum atomic E-state index is 11.0. The van der Waals surface area contributed by atoms with Gasteiger partial charge < -0.3 is 4.74 Å². The van der Waals surface area contributed by atoms with Crippen LogP contribution >= 0.6 is 0 Å². The van der Waals surface area contributed by atoms with E-state index in [1.807, 2.05) is 26.0 Å². The van der Waals surface area contributed by atoms with E-state index in [1.54, 1.807) is 6.92 Å². The zero-order valence-corrected chi connectivity index (χ0v) is 10.2. The minimum absolute atomic E-state index is 0.0943. The quantitative estimate of drug-likeness (QED) is 0.495. The number of carbonyl (C=O) groups excluding carboxylic acids is 1. The SMILES string of the molecule is CC/C=C/C=C/C(C)(C)COC(=O)CC. The Morgan fingerprint density at radius 1 is 1.27 bits per heavy atom. The zero-order chi connectivity index (χ0) is 11.7. The van der Waals surface area contributed by atoms with Crippen molar-refractivity contribution < 1.29 is 9.53 Å². The molecule has 0 amide bonds. The van der Waals surface area contributed by atoms with Crippen LogP contribution in [0.15, 0.2) is 24.3 Å². The maximum absolute atomic E-state index is 11.0. The molecule has 0 spiro atoms. The predicted molar refractivity (Wildman–Crippen MR) is 63.6 cm³/mol. The highest BCUT2D eigenvalue weighted by Crippen LogP contribution is 2.17. The summed E-state index contributed by atoms with van der Waals surface area (Å²) in [5, 5.41) is 0. The molecule has 0 bridgehead atoms. The molecule has 15 heavy (non-hydrogen) atoms. The average molecular weight is 210 g/mol. The van der Waals surface area contributed by atoms with Gasteiger partial charge in [-0.05, 0) is 6.42 Å². The first-order chi connectivity index (χ1) is 7.02. The first kappa shape index (κ1) is 13.9. The Hall–Kier alpha value is -1.05. The lowest BCUT2D eigenvalue weighted by Crippen LogP contribution is -2.19. The third kappa shape index (κ3) is 7.98. The molecule has 0 atom stereocenters. The van der Waals surface area contributed by atoms with Crippen molar-refractivity contribution in [2.75, 3.05) is 6.61 Å². The smallest absolute Gasteiger partial charge is 0.305 e. The molecule has 0 aliphatic heterocycles. The summed E-state index contributed by atoms with van der Waals surface area (Å²) in [6, 6.07) is 0. The number of hydrogen-bond donors (Lipinski definition) is 0. The molecule has 86 valence electrons. The Morgan fingerprint density at radius 3 is 2.47 bits per heavy atom. The van der Waals surface area contributed by atoms with Crippen molar-refractivity contribution in [1.82, 2.24) is 0 Å². The van der Waals surface area contributed by atoms with Gasteiger partial charge in [-0.2, -0.15) is 0 Å².